The van der Waals surface area contributed by atoms with Crippen molar-refractivity contribution in [1.82, 2.24) is 0 Å². The zero-order valence-electron chi connectivity index (χ0n) is 85.3. The second kappa shape index (κ2) is 46.3. The molecule has 0 fully saturated rings. The van der Waals surface area contributed by atoms with Gasteiger partial charge in [-0.25, -0.2) is 0 Å². The molecule has 24 rings (SSSR count). The van der Waals surface area contributed by atoms with Crippen molar-refractivity contribution in [2.45, 2.75) is 157 Å². The van der Waals surface area contributed by atoms with Crippen LogP contribution in [0.15, 0.2) is 499 Å². The second-order valence-corrected chi connectivity index (χ2v) is 45.6. The van der Waals surface area contributed by atoms with E-state index in [1.165, 1.54) is 176 Å². The lowest BCUT2D eigenvalue weighted by Crippen LogP contribution is -2.11. The van der Waals surface area contributed by atoms with Gasteiger partial charge in [0.15, 0.2) is 5.78 Å². The summed E-state index contributed by atoms with van der Waals surface area (Å²) in [5, 5.41) is 0. The SMILES string of the molecule is C=C(c1cccc(C(C)(C)C)c1)c1ccc2c(c1)Cc1ccccc1S2.C=C(c1cccc(C(C)=O)c1)c1ccc2c(c1)Cc1ccccc1S2.C=C(c1cccc(C)c1)c1ccc2c(c1)Cc1ccccc1S2.C=C(c1cccc(OC(C)C)c1)c1ccc2c(c1)Cc1ccccc1S2.C=C(c1cccc(OC)c1)c1ccc2c(c1)Cc1ccccc1S2.C=C(c1cccc(OC)c1)c1ccc2c(c1)Cc1ccccc1S2. The van der Waals surface area contributed by atoms with Crippen molar-refractivity contribution in [3.63, 3.8) is 0 Å². The molecule has 0 atom stereocenters. The van der Waals surface area contributed by atoms with E-state index in [4.69, 9.17) is 14.2 Å². The fourth-order valence-corrected chi connectivity index (χ4v) is 25.4. The number of Topliss-reactive ketones (excluding diaryl/α,β-unsaturated/α-hetero) is 1. The summed E-state index contributed by atoms with van der Waals surface area (Å²) in [5.41, 5.74) is 40.2. The Hall–Kier alpha value is -14.4. The zero-order valence-corrected chi connectivity index (χ0v) is 90.1. The molecule has 0 aliphatic carbocycles. The van der Waals surface area contributed by atoms with Gasteiger partial charge in [-0.3, -0.25) is 4.79 Å². The number of carbonyl (C=O) groups is 1. The Morgan fingerprint density at radius 1 is 0.236 bits per heavy atom. The van der Waals surface area contributed by atoms with Crippen LogP contribution in [0.25, 0.3) is 33.4 Å². The largest absolute Gasteiger partial charge is 0.497 e. The van der Waals surface area contributed by atoms with Gasteiger partial charge in [0.2, 0.25) is 0 Å². The normalized spacial score (nSPS) is 12.4. The standard InChI is InChI=1S/C25H24S.C24H22OS.C23H18OS.2C22H18OS.C22H18S/c1-17(18-9-7-10-22(16-18)25(2,3)4)19-12-13-24-21(14-19)15-20-8-5-6-11-23(20)26-24;1-16(2)25-22-9-6-8-18(15-22)17(3)19-11-12-24-21(13-19)14-20-7-4-5-10-23(20)26-24;1-15(17-7-5-8-19(12-17)16(2)24)18-10-11-23-21(13-18)14-20-6-3-4-9-22(20)25-23;2*1-15(16-7-5-8-20(14-16)23-2)17-10-11-22-19(12-17)13-18-6-3-4-9-21(18)24-22;1-15-6-5-8-17(12-15)16(2)18-10-11-22-20(13-18)14-19-7-3-4-9-21(19)23-22/h5-14,16H,1,15H2,2-4H3;4-13,15-16H,3,14H2,1-2H3;3-13H,1,14H2,2H3;2*3-12,14H,1,13H2,2H3;3-13H,2,14H2,1H3. The Balaban J connectivity index is 0.000000112. The van der Waals surface area contributed by atoms with E-state index in [9.17, 15) is 4.79 Å². The van der Waals surface area contributed by atoms with Crippen molar-refractivity contribution >= 4 is 110 Å². The van der Waals surface area contributed by atoms with Crippen LogP contribution >= 0.6 is 70.6 Å². The van der Waals surface area contributed by atoms with Crippen LogP contribution in [0.3, 0.4) is 0 Å². The quantitative estimate of drug-likeness (QED) is 0.0824. The van der Waals surface area contributed by atoms with E-state index in [1.807, 2.05) is 157 Å². The second-order valence-electron chi connectivity index (χ2n) is 39.1. The van der Waals surface area contributed by atoms with Crippen molar-refractivity contribution in [2.75, 3.05) is 14.2 Å². The highest BCUT2D eigenvalue weighted by Crippen LogP contribution is 2.49. The number of methoxy groups -OCH3 is 2. The highest BCUT2D eigenvalue weighted by Gasteiger charge is 2.26. The topological polar surface area (TPSA) is 44.8 Å². The first-order valence-electron chi connectivity index (χ1n) is 50.2. The molecule has 18 aromatic rings. The minimum atomic E-state index is 0.0769. The molecule has 6 aliphatic rings. The van der Waals surface area contributed by atoms with Crippen LogP contribution in [-0.4, -0.2) is 26.1 Å². The third-order valence-corrected chi connectivity index (χ3v) is 34.8. The highest BCUT2D eigenvalue weighted by atomic mass is 32.2. The Kier molecular flexibility index (Phi) is 32.0. The van der Waals surface area contributed by atoms with Crippen molar-refractivity contribution in [1.29, 1.82) is 0 Å². The predicted molar refractivity (Wildman–Crippen MR) is 629 cm³/mol. The molecule has 0 saturated heterocycles. The summed E-state index contributed by atoms with van der Waals surface area (Å²) in [6.07, 6.45) is 6.08. The number of ether oxygens (including phenoxy) is 3. The maximum atomic E-state index is 11.6. The van der Waals surface area contributed by atoms with Crippen LogP contribution in [0.2, 0.25) is 0 Å². The first-order valence-corrected chi connectivity index (χ1v) is 55.1. The number of benzene rings is 18. The number of hydrogen-bond donors (Lipinski definition) is 0. The molecule has 0 unspecified atom stereocenters. The summed E-state index contributed by atoms with van der Waals surface area (Å²) in [6.45, 7) is 40.5. The van der Waals surface area contributed by atoms with E-state index in [2.05, 4.69) is 395 Å². The van der Waals surface area contributed by atoms with Gasteiger partial charge in [0.25, 0.3) is 0 Å². The summed E-state index contributed by atoms with van der Waals surface area (Å²) in [6, 6.07) is 141. The molecule has 18 aromatic carbocycles. The molecule has 0 aromatic heterocycles. The molecule has 730 valence electrons. The molecule has 6 heterocycles. The first-order chi connectivity index (χ1) is 71.8. The zero-order chi connectivity index (χ0) is 103. The average molecular weight is 2030 g/mol. The van der Waals surface area contributed by atoms with E-state index in [-0.39, 0.29) is 17.3 Å². The molecule has 6 aliphatic heterocycles. The maximum Gasteiger partial charge on any atom is 0.159 e. The Labute approximate surface area is 899 Å². The van der Waals surface area contributed by atoms with Crippen molar-refractivity contribution in [2.24, 2.45) is 0 Å². The molecule has 0 saturated carbocycles. The van der Waals surface area contributed by atoms with E-state index < -0.39 is 0 Å². The van der Waals surface area contributed by atoms with Crippen molar-refractivity contribution < 1.29 is 19.0 Å². The minimum absolute atomic E-state index is 0.0769. The minimum Gasteiger partial charge on any atom is -0.497 e. The molecule has 0 radical (unpaired) electrons. The highest BCUT2D eigenvalue weighted by molar-refractivity contribution is 8.00. The predicted octanol–water partition coefficient (Wildman–Crippen LogP) is 37.4. The first kappa shape index (κ1) is 102. The van der Waals surface area contributed by atoms with Crippen molar-refractivity contribution in [3.05, 3.63) is 590 Å². The molecule has 0 bridgehead atoms. The monoisotopic (exact) mass is 2030 g/mol. The molecule has 4 nitrogen and oxygen atoms in total. The number of fused-ring (bicyclic) bond motifs is 12. The summed E-state index contributed by atoms with van der Waals surface area (Å²) >= 11 is 11.1. The number of carbonyl (C=O) groups excluding carboxylic acids is 1. The van der Waals surface area contributed by atoms with Crippen LogP contribution < -0.4 is 14.2 Å². The summed E-state index contributed by atoms with van der Waals surface area (Å²) in [7, 11) is 3.38. The van der Waals surface area contributed by atoms with E-state index >= 15 is 0 Å². The molecule has 0 spiro atoms. The molecule has 148 heavy (non-hydrogen) atoms. The molecule has 0 amide bonds. The van der Waals surface area contributed by atoms with Gasteiger partial charge in [-0.15, -0.1) is 0 Å². The van der Waals surface area contributed by atoms with Gasteiger partial charge in [-0.05, 0) is 396 Å². The van der Waals surface area contributed by atoms with Gasteiger partial charge in [-0.2, -0.15) is 0 Å². The lowest BCUT2D eigenvalue weighted by molar-refractivity contribution is 0.101. The van der Waals surface area contributed by atoms with Gasteiger partial charge in [0, 0.05) is 64.3 Å². The number of hydrogen-bond acceptors (Lipinski definition) is 10. The number of aryl methyl sites for hydroxylation is 1. The lowest BCUT2D eigenvalue weighted by Gasteiger charge is -2.21. The fourth-order valence-electron chi connectivity index (χ4n) is 19.1. The number of ketones is 1. The lowest BCUT2D eigenvalue weighted by atomic mass is 9.85. The van der Waals surface area contributed by atoms with Gasteiger partial charge in [0.1, 0.15) is 17.2 Å². The van der Waals surface area contributed by atoms with E-state index in [1.54, 1.807) is 21.1 Å². The summed E-state index contributed by atoms with van der Waals surface area (Å²) in [5.74, 6) is 2.68. The average Bonchev–Trinajstić information content (AvgIpc) is 0.803. The van der Waals surface area contributed by atoms with Crippen molar-refractivity contribution in [3.8, 4) is 17.2 Å². The molecular formula is C138H118O4S6. The van der Waals surface area contributed by atoms with Crippen LogP contribution in [0.1, 0.15) is 197 Å². The Morgan fingerprint density at radius 3 is 0.716 bits per heavy atom. The van der Waals surface area contributed by atoms with Crippen LogP contribution in [0.4, 0.5) is 0 Å². The van der Waals surface area contributed by atoms with E-state index in [0.717, 1.165) is 123 Å². The smallest absolute Gasteiger partial charge is 0.159 e. The fraction of sp³-hybridized carbons (Fsp3) is 0.123. The van der Waals surface area contributed by atoms with E-state index in [0.29, 0.717) is 0 Å². The summed E-state index contributed by atoms with van der Waals surface area (Å²) in [4.78, 5) is 27.9. The van der Waals surface area contributed by atoms with Crippen LogP contribution in [0, 0.1) is 6.92 Å². The Morgan fingerprint density at radius 2 is 0.453 bits per heavy atom. The van der Waals surface area contributed by atoms with Crippen LogP contribution in [-0.2, 0) is 43.9 Å². The number of rotatable bonds is 17. The summed E-state index contributed by atoms with van der Waals surface area (Å²) < 4.78 is 16.5. The third kappa shape index (κ3) is 24.3. The van der Waals surface area contributed by atoms with Gasteiger partial charge in [-0.1, -0.05) is 385 Å². The molecule has 10 heteroatoms. The maximum absolute atomic E-state index is 11.6. The van der Waals surface area contributed by atoms with Gasteiger partial charge < -0.3 is 14.2 Å². The van der Waals surface area contributed by atoms with Crippen LogP contribution in [0.5, 0.6) is 17.2 Å². The van der Waals surface area contributed by atoms with Gasteiger partial charge >= 0.3 is 0 Å². The third-order valence-electron chi connectivity index (χ3n) is 27.3. The molecular weight excluding hydrogens is 1910 g/mol. The molecule has 0 N–H and O–H groups in total. The Bertz CT molecular complexity index is 8030. The van der Waals surface area contributed by atoms with Gasteiger partial charge in [0.05, 0.1) is 20.3 Å².